The van der Waals surface area contributed by atoms with Crippen molar-refractivity contribution in [3.8, 4) is 0 Å². The number of rotatable bonds is 6. The van der Waals surface area contributed by atoms with Crippen molar-refractivity contribution in [1.29, 1.82) is 0 Å². The molecule has 0 radical (unpaired) electrons. The van der Waals surface area contributed by atoms with Crippen LogP contribution in [0.5, 0.6) is 0 Å². The van der Waals surface area contributed by atoms with Gasteiger partial charge in [0.2, 0.25) is 5.91 Å². The van der Waals surface area contributed by atoms with Gasteiger partial charge in [-0.3, -0.25) is 9.69 Å². The van der Waals surface area contributed by atoms with Gasteiger partial charge in [-0.2, -0.15) is 0 Å². The highest BCUT2D eigenvalue weighted by molar-refractivity contribution is 5.81. The van der Waals surface area contributed by atoms with Crippen molar-refractivity contribution in [2.24, 2.45) is 11.7 Å². The van der Waals surface area contributed by atoms with Crippen molar-refractivity contribution in [3.05, 3.63) is 0 Å². The number of nitrogens with one attached hydrogen (secondary N) is 1. The first-order valence-corrected chi connectivity index (χ1v) is 7.31. The van der Waals surface area contributed by atoms with E-state index >= 15 is 0 Å². The van der Waals surface area contributed by atoms with E-state index in [9.17, 15) is 4.79 Å². The first-order chi connectivity index (χ1) is 8.61. The fourth-order valence-corrected chi connectivity index (χ4v) is 2.87. The summed E-state index contributed by atoms with van der Waals surface area (Å²) in [6.45, 7) is 5.56. The van der Waals surface area contributed by atoms with Gasteiger partial charge in [0, 0.05) is 12.6 Å². The van der Waals surface area contributed by atoms with Gasteiger partial charge in [-0.1, -0.05) is 19.8 Å². The predicted molar refractivity (Wildman–Crippen MR) is 75.3 cm³/mol. The van der Waals surface area contributed by atoms with Gasteiger partial charge in [0.1, 0.15) is 0 Å². The Morgan fingerprint density at radius 1 is 1.44 bits per heavy atom. The molecule has 0 aromatic carbocycles. The number of nitrogens with two attached hydrogens (primary N) is 1. The Bertz CT molecular complexity index is 257. The second kappa shape index (κ2) is 7.74. The average molecular weight is 255 g/mol. The summed E-state index contributed by atoms with van der Waals surface area (Å²) in [4.78, 5) is 14.2. The zero-order chi connectivity index (χ0) is 13.5. The maximum atomic E-state index is 12.0. The van der Waals surface area contributed by atoms with E-state index in [1.165, 1.54) is 25.7 Å². The van der Waals surface area contributed by atoms with Crippen LogP contribution in [-0.4, -0.2) is 43.0 Å². The first-order valence-electron chi connectivity index (χ1n) is 7.31. The van der Waals surface area contributed by atoms with Gasteiger partial charge in [-0.25, -0.2) is 0 Å². The molecular weight excluding hydrogens is 226 g/mol. The van der Waals surface area contributed by atoms with Gasteiger partial charge in [-0.05, 0) is 45.7 Å². The molecule has 0 spiro atoms. The molecule has 1 saturated carbocycles. The SMILES string of the molecule is CCCNC(=O)C(C)N(C)C1CCCCC1CN. The van der Waals surface area contributed by atoms with Crippen LogP contribution in [0.25, 0.3) is 0 Å². The molecule has 3 N–H and O–H groups in total. The van der Waals surface area contributed by atoms with Crippen molar-refractivity contribution in [2.45, 2.75) is 58.0 Å². The van der Waals surface area contributed by atoms with Crippen LogP contribution in [-0.2, 0) is 4.79 Å². The number of carbonyl (C=O) groups excluding carboxylic acids is 1. The third kappa shape index (κ3) is 3.95. The van der Waals surface area contributed by atoms with Crippen molar-refractivity contribution >= 4 is 5.91 Å². The lowest BCUT2D eigenvalue weighted by atomic mass is 9.83. The summed E-state index contributed by atoms with van der Waals surface area (Å²) in [6, 6.07) is 0.403. The third-order valence-corrected chi connectivity index (χ3v) is 4.23. The van der Waals surface area contributed by atoms with Crippen molar-refractivity contribution in [1.82, 2.24) is 10.2 Å². The summed E-state index contributed by atoms with van der Waals surface area (Å²) in [5.74, 6) is 0.686. The Labute approximate surface area is 111 Å². The number of likely N-dealkylation sites (N-methyl/N-ethyl adjacent to an activating group) is 1. The van der Waals surface area contributed by atoms with Crippen LogP contribution in [0.4, 0.5) is 0 Å². The highest BCUT2D eigenvalue weighted by Crippen LogP contribution is 2.28. The Morgan fingerprint density at radius 2 is 2.11 bits per heavy atom. The normalized spacial score (nSPS) is 26.1. The van der Waals surface area contributed by atoms with E-state index in [0.717, 1.165) is 19.5 Å². The smallest absolute Gasteiger partial charge is 0.237 e. The maximum Gasteiger partial charge on any atom is 0.237 e. The molecule has 4 heteroatoms. The summed E-state index contributed by atoms with van der Waals surface area (Å²) < 4.78 is 0. The molecule has 0 heterocycles. The van der Waals surface area contributed by atoms with E-state index < -0.39 is 0 Å². The molecule has 3 unspecified atom stereocenters. The molecule has 4 nitrogen and oxygen atoms in total. The minimum Gasteiger partial charge on any atom is -0.355 e. The first kappa shape index (κ1) is 15.4. The van der Waals surface area contributed by atoms with Gasteiger partial charge in [-0.15, -0.1) is 0 Å². The molecule has 1 amide bonds. The molecule has 1 fully saturated rings. The molecule has 0 saturated heterocycles. The van der Waals surface area contributed by atoms with E-state index in [2.05, 4.69) is 24.2 Å². The number of carbonyl (C=O) groups is 1. The topological polar surface area (TPSA) is 58.4 Å². The average Bonchev–Trinajstić information content (AvgIpc) is 2.42. The Kier molecular flexibility index (Phi) is 6.65. The van der Waals surface area contributed by atoms with Gasteiger partial charge < -0.3 is 11.1 Å². The van der Waals surface area contributed by atoms with E-state index in [0.29, 0.717) is 12.0 Å². The second-order valence-corrected chi connectivity index (χ2v) is 5.48. The molecule has 0 aliphatic heterocycles. The standard InChI is InChI=1S/C14H29N3O/c1-4-9-16-14(18)11(2)17(3)13-8-6-5-7-12(13)10-15/h11-13H,4-10,15H2,1-3H3,(H,16,18). The molecule has 1 rings (SSSR count). The van der Waals surface area contributed by atoms with Gasteiger partial charge >= 0.3 is 0 Å². The number of hydrogen-bond acceptors (Lipinski definition) is 3. The molecule has 0 bridgehead atoms. The third-order valence-electron chi connectivity index (χ3n) is 4.23. The monoisotopic (exact) mass is 255 g/mol. The number of nitrogens with zero attached hydrogens (tertiary/aromatic N) is 1. The quantitative estimate of drug-likeness (QED) is 0.753. The zero-order valence-corrected chi connectivity index (χ0v) is 12.1. The lowest BCUT2D eigenvalue weighted by Crippen LogP contribution is -2.52. The van der Waals surface area contributed by atoms with Crippen molar-refractivity contribution < 1.29 is 4.79 Å². The number of amides is 1. The summed E-state index contributed by atoms with van der Waals surface area (Å²) >= 11 is 0. The van der Waals surface area contributed by atoms with E-state index in [1.54, 1.807) is 0 Å². The van der Waals surface area contributed by atoms with Crippen LogP contribution in [0.15, 0.2) is 0 Å². The molecule has 18 heavy (non-hydrogen) atoms. The summed E-state index contributed by atoms with van der Waals surface area (Å²) in [5, 5.41) is 2.97. The molecule has 0 aromatic rings. The molecule has 3 atom stereocenters. The Hall–Kier alpha value is -0.610. The van der Waals surface area contributed by atoms with Gasteiger partial charge in [0.25, 0.3) is 0 Å². The van der Waals surface area contributed by atoms with Gasteiger partial charge in [0.15, 0.2) is 0 Å². The second-order valence-electron chi connectivity index (χ2n) is 5.48. The maximum absolute atomic E-state index is 12.0. The van der Waals surface area contributed by atoms with Crippen LogP contribution in [0.1, 0.15) is 46.0 Å². The summed E-state index contributed by atoms with van der Waals surface area (Å²) in [7, 11) is 2.06. The van der Waals surface area contributed by atoms with Crippen LogP contribution in [0, 0.1) is 5.92 Å². The highest BCUT2D eigenvalue weighted by Gasteiger charge is 2.31. The van der Waals surface area contributed by atoms with Crippen LogP contribution < -0.4 is 11.1 Å². The van der Waals surface area contributed by atoms with Crippen molar-refractivity contribution in [2.75, 3.05) is 20.1 Å². The lowest BCUT2D eigenvalue weighted by molar-refractivity contribution is -0.126. The van der Waals surface area contributed by atoms with E-state index in [-0.39, 0.29) is 11.9 Å². The van der Waals surface area contributed by atoms with Crippen LogP contribution in [0.3, 0.4) is 0 Å². The molecule has 1 aliphatic rings. The van der Waals surface area contributed by atoms with E-state index in [4.69, 9.17) is 5.73 Å². The van der Waals surface area contributed by atoms with Crippen LogP contribution in [0.2, 0.25) is 0 Å². The van der Waals surface area contributed by atoms with Crippen molar-refractivity contribution in [3.63, 3.8) is 0 Å². The molecule has 106 valence electrons. The van der Waals surface area contributed by atoms with E-state index in [1.807, 2.05) is 6.92 Å². The minimum atomic E-state index is -0.0614. The number of hydrogen-bond donors (Lipinski definition) is 2. The molecular formula is C14H29N3O. The van der Waals surface area contributed by atoms with Gasteiger partial charge in [0.05, 0.1) is 6.04 Å². The highest BCUT2D eigenvalue weighted by atomic mass is 16.2. The fourth-order valence-electron chi connectivity index (χ4n) is 2.87. The molecule has 1 aliphatic carbocycles. The zero-order valence-electron chi connectivity index (χ0n) is 12.1. The summed E-state index contributed by atoms with van der Waals surface area (Å²) in [5.41, 5.74) is 5.86. The Morgan fingerprint density at radius 3 is 2.72 bits per heavy atom. The molecule has 0 aromatic heterocycles. The minimum absolute atomic E-state index is 0.0614. The Balaban J connectivity index is 2.55. The lowest BCUT2D eigenvalue weighted by Gasteiger charge is -2.40. The summed E-state index contributed by atoms with van der Waals surface area (Å²) in [6.07, 6.45) is 5.90. The van der Waals surface area contributed by atoms with Crippen LogP contribution >= 0.6 is 0 Å². The largest absolute Gasteiger partial charge is 0.355 e. The fraction of sp³-hybridized carbons (Fsp3) is 0.929. The predicted octanol–water partition coefficient (Wildman–Crippen LogP) is 1.35.